The molecule has 0 amide bonds. The molecule has 0 aliphatic rings. The highest BCUT2D eigenvalue weighted by atomic mass is 15.0. The first-order valence-corrected chi connectivity index (χ1v) is 6.17. The molecule has 3 nitrogen and oxygen atoms in total. The molecule has 0 aliphatic carbocycles. The summed E-state index contributed by atoms with van der Waals surface area (Å²) >= 11 is 0. The zero-order chi connectivity index (χ0) is 12.1. The highest BCUT2D eigenvalue weighted by Crippen LogP contribution is 2.20. The van der Waals surface area contributed by atoms with Crippen molar-refractivity contribution in [3.63, 3.8) is 0 Å². The average Bonchev–Trinajstić information content (AvgIpc) is 2.86. The number of benzene rings is 1. The summed E-state index contributed by atoms with van der Waals surface area (Å²) in [5.74, 6) is 0.886. The molecule has 1 aromatic carbocycles. The maximum atomic E-state index is 6.08. The lowest BCUT2D eigenvalue weighted by atomic mass is 10.1. The van der Waals surface area contributed by atoms with Crippen LogP contribution < -0.4 is 5.73 Å². The van der Waals surface area contributed by atoms with Gasteiger partial charge in [0.25, 0.3) is 0 Å². The van der Waals surface area contributed by atoms with Gasteiger partial charge in [0.2, 0.25) is 0 Å². The zero-order valence-electron chi connectivity index (χ0n) is 10.2. The second-order valence-corrected chi connectivity index (χ2v) is 4.29. The minimum absolute atomic E-state index is 0.0208. The highest BCUT2D eigenvalue weighted by Gasteiger charge is 2.10. The maximum absolute atomic E-state index is 6.08. The Morgan fingerprint density at radius 3 is 2.76 bits per heavy atom. The van der Waals surface area contributed by atoms with Gasteiger partial charge in [-0.2, -0.15) is 0 Å². The second-order valence-electron chi connectivity index (χ2n) is 4.29. The van der Waals surface area contributed by atoms with E-state index in [0.717, 1.165) is 29.9 Å². The van der Waals surface area contributed by atoms with Crippen LogP contribution in [0.1, 0.15) is 38.1 Å². The van der Waals surface area contributed by atoms with Gasteiger partial charge in [-0.15, -0.1) is 0 Å². The Bertz CT molecular complexity index is 448. The van der Waals surface area contributed by atoms with Crippen LogP contribution in [-0.4, -0.2) is 9.97 Å². The quantitative estimate of drug-likeness (QED) is 0.826. The molecule has 90 valence electrons. The lowest BCUT2D eigenvalue weighted by Crippen LogP contribution is -2.11. The molecule has 17 heavy (non-hydrogen) atoms. The average molecular weight is 229 g/mol. The molecule has 1 heterocycles. The summed E-state index contributed by atoms with van der Waals surface area (Å²) in [5, 5.41) is 0. The first-order valence-electron chi connectivity index (χ1n) is 6.17. The molecule has 0 radical (unpaired) electrons. The SMILES string of the molecule is CCCC[C@H](N)c1nc(-c2ccccc2)c[nH]1. The Morgan fingerprint density at radius 2 is 2.06 bits per heavy atom. The lowest BCUT2D eigenvalue weighted by Gasteiger charge is -2.06. The molecule has 0 aliphatic heterocycles. The summed E-state index contributed by atoms with van der Waals surface area (Å²) < 4.78 is 0. The van der Waals surface area contributed by atoms with Crippen LogP contribution in [0, 0.1) is 0 Å². The van der Waals surface area contributed by atoms with E-state index in [1.807, 2.05) is 24.4 Å². The van der Waals surface area contributed by atoms with Crippen molar-refractivity contribution in [2.45, 2.75) is 32.2 Å². The van der Waals surface area contributed by atoms with Gasteiger partial charge in [0.05, 0.1) is 11.7 Å². The van der Waals surface area contributed by atoms with Crippen LogP contribution in [0.3, 0.4) is 0 Å². The molecule has 0 fully saturated rings. The van der Waals surface area contributed by atoms with E-state index >= 15 is 0 Å². The van der Waals surface area contributed by atoms with E-state index in [0.29, 0.717) is 0 Å². The third kappa shape index (κ3) is 2.94. The molecular weight excluding hydrogens is 210 g/mol. The molecule has 2 rings (SSSR count). The summed E-state index contributed by atoms with van der Waals surface area (Å²) in [5.41, 5.74) is 8.17. The van der Waals surface area contributed by atoms with Gasteiger partial charge in [0.1, 0.15) is 5.82 Å². The fourth-order valence-electron chi connectivity index (χ4n) is 1.84. The normalized spacial score (nSPS) is 12.6. The molecule has 3 N–H and O–H groups in total. The first kappa shape index (κ1) is 11.9. The maximum Gasteiger partial charge on any atom is 0.123 e. The molecule has 1 aromatic heterocycles. The monoisotopic (exact) mass is 229 g/mol. The van der Waals surface area contributed by atoms with Crippen molar-refractivity contribution in [2.24, 2.45) is 5.73 Å². The molecule has 0 unspecified atom stereocenters. The highest BCUT2D eigenvalue weighted by molar-refractivity contribution is 5.58. The number of hydrogen-bond donors (Lipinski definition) is 2. The second kappa shape index (κ2) is 5.64. The fourth-order valence-corrected chi connectivity index (χ4v) is 1.84. The van der Waals surface area contributed by atoms with Crippen LogP contribution in [0.2, 0.25) is 0 Å². The Balaban J connectivity index is 2.11. The van der Waals surface area contributed by atoms with Crippen LogP contribution in [0.5, 0.6) is 0 Å². The van der Waals surface area contributed by atoms with Crippen molar-refractivity contribution in [2.75, 3.05) is 0 Å². The summed E-state index contributed by atoms with van der Waals surface area (Å²) in [6, 6.07) is 10.2. The predicted molar refractivity (Wildman–Crippen MR) is 70.5 cm³/mol. The first-order chi connectivity index (χ1) is 8.31. The standard InChI is InChI=1S/C14H19N3/c1-2-3-9-12(15)14-16-10-13(17-14)11-7-5-4-6-8-11/h4-8,10,12H,2-3,9,15H2,1H3,(H,16,17)/t12-/m0/s1. The molecule has 0 saturated heterocycles. The van der Waals surface area contributed by atoms with Gasteiger partial charge in [-0.1, -0.05) is 50.1 Å². The molecule has 2 aromatic rings. The minimum atomic E-state index is 0.0208. The Labute approximate surface area is 102 Å². The van der Waals surface area contributed by atoms with Gasteiger partial charge in [0.15, 0.2) is 0 Å². The lowest BCUT2D eigenvalue weighted by molar-refractivity contribution is 0.580. The van der Waals surface area contributed by atoms with Gasteiger partial charge in [-0.05, 0) is 6.42 Å². The Kier molecular flexibility index (Phi) is 3.94. The van der Waals surface area contributed by atoms with E-state index in [-0.39, 0.29) is 6.04 Å². The van der Waals surface area contributed by atoms with Crippen LogP contribution in [0.15, 0.2) is 36.5 Å². The number of aromatic amines is 1. The van der Waals surface area contributed by atoms with Crippen LogP contribution >= 0.6 is 0 Å². The van der Waals surface area contributed by atoms with Crippen LogP contribution in [-0.2, 0) is 0 Å². The number of aromatic nitrogens is 2. The summed E-state index contributed by atoms with van der Waals surface area (Å²) in [7, 11) is 0. The van der Waals surface area contributed by atoms with Crippen molar-refractivity contribution in [1.29, 1.82) is 0 Å². The van der Waals surface area contributed by atoms with Crippen LogP contribution in [0.4, 0.5) is 0 Å². The van der Waals surface area contributed by atoms with E-state index < -0.39 is 0 Å². The van der Waals surface area contributed by atoms with Crippen LogP contribution in [0.25, 0.3) is 11.3 Å². The number of imidazole rings is 1. The van der Waals surface area contributed by atoms with Crippen molar-refractivity contribution >= 4 is 0 Å². The van der Waals surface area contributed by atoms with E-state index in [4.69, 9.17) is 5.73 Å². The predicted octanol–water partition coefficient (Wildman–Crippen LogP) is 3.27. The molecule has 1 atom stereocenters. The van der Waals surface area contributed by atoms with Gasteiger partial charge >= 0.3 is 0 Å². The van der Waals surface area contributed by atoms with E-state index in [1.165, 1.54) is 6.42 Å². The number of nitrogens with two attached hydrogens (primary N) is 1. The number of rotatable bonds is 5. The van der Waals surface area contributed by atoms with Crippen molar-refractivity contribution in [1.82, 2.24) is 9.97 Å². The summed E-state index contributed by atoms with van der Waals surface area (Å²) in [4.78, 5) is 7.73. The fraction of sp³-hybridized carbons (Fsp3) is 0.357. The molecule has 0 bridgehead atoms. The van der Waals surface area contributed by atoms with E-state index in [1.54, 1.807) is 0 Å². The van der Waals surface area contributed by atoms with E-state index in [9.17, 15) is 0 Å². The number of nitrogens with one attached hydrogen (secondary N) is 1. The number of hydrogen-bond acceptors (Lipinski definition) is 2. The largest absolute Gasteiger partial charge is 0.347 e. The smallest absolute Gasteiger partial charge is 0.123 e. The number of unbranched alkanes of at least 4 members (excludes halogenated alkanes) is 1. The molecule has 0 saturated carbocycles. The molecular formula is C14H19N3. The van der Waals surface area contributed by atoms with Gasteiger partial charge < -0.3 is 10.7 Å². The van der Waals surface area contributed by atoms with E-state index in [2.05, 4.69) is 29.0 Å². The molecule has 3 heteroatoms. The van der Waals surface area contributed by atoms with Gasteiger partial charge in [-0.25, -0.2) is 4.98 Å². The number of H-pyrrole nitrogens is 1. The zero-order valence-corrected chi connectivity index (χ0v) is 10.2. The Morgan fingerprint density at radius 1 is 1.29 bits per heavy atom. The van der Waals surface area contributed by atoms with Gasteiger partial charge in [0, 0.05) is 11.8 Å². The number of nitrogens with zero attached hydrogens (tertiary/aromatic N) is 1. The minimum Gasteiger partial charge on any atom is -0.347 e. The third-order valence-corrected chi connectivity index (χ3v) is 2.89. The van der Waals surface area contributed by atoms with Crippen molar-refractivity contribution in [3.05, 3.63) is 42.4 Å². The van der Waals surface area contributed by atoms with Crippen molar-refractivity contribution < 1.29 is 0 Å². The topological polar surface area (TPSA) is 54.7 Å². The molecule has 0 spiro atoms. The Hall–Kier alpha value is -1.61. The summed E-state index contributed by atoms with van der Waals surface area (Å²) in [6.07, 6.45) is 5.22. The summed E-state index contributed by atoms with van der Waals surface area (Å²) in [6.45, 7) is 2.17. The third-order valence-electron chi connectivity index (χ3n) is 2.89. The van der Waals surface area contributed by atoms with Gasteiger partial charge in [-0.3, -0.25) is 0 Å². The van der Waals surface area contributed by atoms with Crippen molar-refractivity contribution in [3.8, 4) is 11.3 Å².